The Morgan fingerprint density at radius 2 is 2.00 bits per heavy atom. The molecule has 3 fully saturated rings. The Bertz CT molecular complexity index is 300. The van der Waals surface area contributed by atoms with E-state index in [0.29, 0.717) is 6.04 Å². The van der Waals surface area contributed by atoms with Crippen molar-refractivity contribution >= 4 is 0 Å². The zero-order valence-corrected chi connectivity index (χ0v) is 12.7. The van der Waals surface area contributed by atoms with Crippen LogP contribution < -0.4 is 5.32 Å². The summed E-state index contributed by atoms with van der Waals surface area (Å²) in [4.78, 5) is 0. The predicted octanol–water partition coefficient (Wildman–Crippen LogP) is 2.47. The fraction of sp³-hybridized carbons (Fsp3) is 1.00. The Morgan fingerprint density at radius 3 is 2.70 bits per heavy atom. The van der Waals surface area contributed by atoms with Crippen molar-refractivity contribution in [3.05, 3.63) is 0 Å². The third-order valence-electron chi connectivity index (χ3n) is 4.82. The van der Waals surface area contributed by atoms with E-state index < -0.39 is 0 Å². The van der Waals surface area contributed by atoms with Gasteiger partial charge in [-0.2, -0.15) is 0 Å². The maximum absolute atomic E-state index is 6.21. The largest absolute Gasteiger partial charge is 0.376 e. The van der Waals surface area contributed by atoms with E-state index in [1.54, 1.807) is 0 Å². The summed E-state index contributed by atoms with van der Waals surface area (Å²) in [7, 11) is 0. The van der Waals surface area contributed by atoms with Crippen molar-refractivity contribution in [1.82, 2.24) is 5.32 Å². The van der Waals surface area contributed by atoms with Crippen molar-refractivity contribution in [3.63, 3.8) is 0 Å². The maximum atomic E-state index is 6.21. The molecule has 116 valence electrons. The minimum atomic E-state index is -0.339. The first kappa shape index (κ1) is 14.8. The van der Waals surface area contributed by atoms with Crippen LogP contribution in [0, 0.1) is 5.92 Å². The van der Waals surface area contributed by atoms with E-state index in [4.69, 9.17) is 14.2 Å². The van der Waals surface area contributed by atoms with E-state index in [0.717, 1.165) is 51.5 Å². The Hall–Kier alpha value is -0.160. The summed E-state index contributed by atoms with van der Waals surface area (Å²) < 4.78 is 18.0. The molecule has 1 N–H and O–H groups in total. The lowest BCUT2D eigenvalue weighted by molar-refractivity contribution is -0.207. The number of ether oxygens (including phenoxy) is 3. The van der Waals surface area contributed by atoms with Crippen molar-refractivity contribution in [2.45, 2.75) is 69.8 Å². The zero-order valence-electron chi connectivity index (χ0n) is 12.7. The summed E-state index contributed by atoms with van der Waals surface area (Å²) in [5, 5.41) is 3.65. The van der Waals surface area contributed by atoms with Crippen LogP contribution in [0.4, 0.5) is 0 Å². The number of hydrogen-bond donors (Lipinski definition) is 1. The first-order valence-corrected chi connectivity index (χ1v) is 8.44. The van der Waals surface area contributed by atoms with Gasteiger partial charge in [0.2, 0.25) is 0 Å². The summed E-state index contributed by atoms with van der Waals surface area (Å²) >= 11 is 0. The first-order chi connectivity index (χ1) is 9.81. The van der Waals surface area contributed by atoms with Gasteiger partial charge in [-0.15, -0.1) is 0 Å². The molecule has 0 aromatic rings. The van der Waals surface area contributed by atoms with E-state index in [-0.39, 0.29) is 11.9 Å². The third kappa shape index (κ3) is 3.73. The second kappa shape index (κ2) is 6.73. The Morgan fingerprint density at radius 1 is 1.20 bits per heavy atom. The molecule has 1 heterocycles. The predicted molar refractivity (Wildman–Crippen MR) is 77.6 cm³/mol. The third-order valence-corrected chi connectivity index (χ3v) is 4.82. The molecular weight excluding hydrogens is 254 g/mol. The molecule has 0 amide bonds. The summed E-state index contributed by atoms with van der Waals surface area (Å²) in [6.45, 7) is 5.66. The molecule has 1 saturated heterocycles. The fourth-order valence-corrected chi connectivity index (χ4v) is 3.40. The van der Waals surface area contributed by atoms with Crippen molar-refractivity contribution in [3.8, 4) is 0 Å². The van der Waals surface area contributed by atoms with Gasteiger partial charge in [0.1, 0.15) is 0 Å². The standard InChI is InChI=1S/C16H29NO3/c1-2-8-17-14-5-7-16(19-10-11-20-16)12-15(14)18-9-6-13-3-4-13/h13-15,17H,2-12H2,1H3. The van der Waals surface area contributed by atoms with Gasteiger partial charge in [-0.05, 0) is 31.7 Å². The molecule has 0 aromatic carbocycles. The quantitative estimate of drug-likeness (QED) is 0.779. The highest BCUT2D eigenvalue weighted by Crippen LogP contribution is 2.38. The topological polar surface area (TPSA) is 39.7 Å². The summed E-state index contributed by atoms with van der Waals surface area (Å²) in [5.41, 5.74) is 0. The maximum Gasteiger partial charge on any atom is 0.171 e. The van der Waals surface area contributed by atoms with Crippen molar-refractivity contribution in [2.24, 2.45) is 5.92 Å². The van der Waals surface area contributed by atoms with E-state index in [1.165, 1.54) is 25.7 Å². The van der Waals surface area contributed by atoms with Crippen LogP contribution >= 0.6 is 0 Å². The molecule has 4 nitrogen and oxygen atoms in total. The summed E-state index contributed by atoms with van der Waals surface area (Å²) in [6, 6.07) is 0.465. The second-order valence-corrected chi connectivity index (χ2v) is 6.55. The van der Waals surface area contributed by atoms with Gasteiger partial charge in [0.25, 0.3) is 0 Å². The molecule has 2 atom stereocenters. The highest BCUT2D eigenvalue weighted by atomic mass is 16.7. The summed E-state index contributed by atoms with van der Waals surface area (Å²) in [5.74, 6) is 0.600. The zero-order chi connectivity index (χ0) is 13.8. The van der Waals surface area contributed by atoms with Crippen LogP contribution in [0.25, 0.3) is 0 Å². The molecule has 0 aromatic heterocycles. The van der Waals surface area contributed by atoms with Gasteiger partial charge in [-0.25, -0.2) is 0 Å². The number of hydrogen-bond acceptors (Lipinski definition) is 4. The molecule has 3 aliphatic rings. The molecule has 3 rings (SSSR count). The highest BCUT2D eigenvalue weighted by Gasteiger charge is 2.45. The van der Waals surface area contributed by atoms with Crippen molar-refractivity contribution in [1.29, 1.82) is 0 Å². The molecule has 1 aliphatic heterocycles. The van der Waals surface area contributed by atoms with Crippen LogP contribution in [-0.4, -0.2) is 44.3 Å². The normalized spacial score (nSPS) is 32.9. The minimum Gasteiger partial charge on any atom is -0.376 e. The lowest BCUT2D eigenvalue weighted by atomic mass is 9.87. The van der Waals surface area contributed by atoms with Crippen molar-refractivity contribution in [2.75, 3.05) is 26.4 Å². The number of nitrogens with one attached hydrogen (secondary N) is 1. The summed E-state index contributed by atoms with van der Waals surface area (Å²) in [6.07, 6.45) is 8.43. The van der Waals surface area contributed by atoms with Crippen molar-refractivity contribution < 1.29 is 14.2 Å². The smallest absolute Gasteiger partial charge is 0.171 e. The van der Waals surface area contributed by atoms with Crippen LogP contribution in [0.15, 0.2) is 0 Å². The molecule has 2 unspecified atom stereocenters. The Labute approximate surface area is 122 Å². The Balaban J connectivity index is 1.52. The minimum absolute atomic E-state index is 0.243. The highest BCUT2D eigenvalue weighted by molar-refractivity contribution is 4.92. The average molecular weight is 283 g/mol. The molecule has 4 heteroatoms. The molecule has 0 bridgehead atoms. The van der Waals surface area contributed by atoms with Crippen LogP contribution in [0.5, 0.6) is 0 Å². The van der Waals surface area contributed by atoms with Crippen LogP contribution in [0.3, 0.4) is 0 Å². The second-order valence-electron chi connectivity index (χ2n) is 6.55. The van der Waals surface area contributed by atoms with E-state index >= 15 is 0 Å². The molecule has 2 aliphatic carbocycles. The first-order valence-electron chi connectivity index (χ1n) is 8.44. The van der Waals surface area contributed by atoms with Gasteiger partial charge in [0.05, 0.1) is 19.3 Å². The fourth-order valence-electron chi connectivity index (χ4n) is 3.40. The van der Waals surface area contributed by atoms with Gasteiger partial charge >= 0.3 is 0 Å². The molecule has 0 radical (unpaired) electrons. The molecule has 20 heavy (non-hydrogen) atoms. The Kier molecular flexibility index (Phi) is 4.97. The van der Waals surface area contributed by atoms with Crippen LogP contribution in [0.1, 0.15) is 51.9 Å². The SMILES string of the molecule is CCCNC1CCC2(CC1OCCC1CC1)OCCO2. The van der Waals surface area contributed by atoms with Crippen LogP contribution in [0.2, 0.25) is 0 Å². The van der Waals surface area contributed by atoms with Gasteiger partial charge in [-0.1, -0.05) is 19.8 Å². The average Bonchev–Trinajstić information content (AvgIpc) is 3.18. The van der Waals surface area contributed by atoms with E-state index in [2.05, 4.69) is 12.2 Å². The number of rotatable bonds is 7. The van der Waals surface area contributed by atoms with E-state index in [9.17, 15) is 0 Å². The lowest BCUT2D eigenvalue weighted by Crippen LogP contribution is -2.52. The van der Waals surface area contributed by atoms with E-state index in [1.807, 2.05) is 0 Å². The van der Waals surface area contributed by atoms with Gasteiger partial charge < -0.3 is 19.5 Å². The monoisotopic (exact) mass is 283 g/mol. The van der Waals surface area contributed by atoms with Gasteiger partial charge in [0, 0.05) is 25.5 Å². The van der Waals surface area contributed by atoms with Gasteiger partial charge in [-0.3, -0.25) is 0 Å². The molecule has 2 saturated carbocycles. The lowest BCUT2D eigenvalue weighted by Gasteiger charge is -2.41. The molecular formula is C16H29NO3. The molecule has 1 spiro atoms. The van der Waals surface area contributed by atoms with Gasteiger partial charge in [0.15, 0.2) is 5.79 Å². The van der Waals surface area contributed by atoms with Crippen LogP contribution in [-0.2, 0) is 14.2 Å².